The van der Waals surface area contributed by atoms with Gasteiger partial charge in [0.1, 0.15) is 0 Å². The molecule has 0 spiro atoms. The third kappa shape index (κ3) is 3.58. The SMILES string of the molecule is C#CCOc1nc(=O)n(Cc2cc(OC)c(OC)c(OC)c2)c2ccccc12. The Morgan fingerprint density at radius 2 is 1.75 bits per heavy atom. The lowest BCUT2D eigenvalue weighted by molar-refractivity contribution is 0.323. The standard InChI is InChI=1S/C21H20N2O5/c1-5-10-28-20-15-8-6-7-9-16(15)23(21(24)22-20)13-14-11-17(25-2)19(27-4)18(12-14)26-3/h1,6-9,11-12H,10,13H2,2-4H3. The highest BCUT2D eigenvalue weighted by molar-refractivity contribution is 5.83. The maximum Gasteiger partial charge on any atom is 0.351 e. The van der Waals surface area contributed by atoms with Crippen LogP contribution >= 0.6 is 0 Å². The van der Waals surface area contributed by atoms with Gasteiger partial charge in [-0.2, -0.15) is 4.98 Å². The number of hydrogen-bond acceptors (Lipinski definition) is 6. The Kier molecular flexibility index (Phi) is 5.70. The molecule has 7 heteroatoms. The highest BCUT2D eigenvalue weighted by Gasteiger charge is 2.16. The summed E-state index contributed by atoms with van der Waals surface area (Å²) >= 11 is 0. The Morgan fingerprint density at radius 1 is 1.07 bits per heavy atom. The van der Waals surface area contributed by atoms with Gasteiger partial charge < -0.3 is 18.9 Å². The van der Waals surface area contributed by atoms with Crippen molar-refractivity contribution in [3.05, 3.63) is 52.4 Å². The summed E-state index contributed by atoms with van der Waals surface area (Å²) in [6.45, 7) is 0.297. The van der Waals surface area contributed by atoms with Crippen molar-refractivity contribution in [2.75, 3.05) is 27.9 Å². The van der Waals surface area contributed by atoms with Crippen LogP contribution in [0.3, 0.4) is 0 Å². The molecule has 0 N–H and O–H groups in total. The lowest BCUT2D eigenvalue weighted by Crippen LogP contribution is -2.24. The third-order valence-electron chi connectivity index (χ3n) is 4.21. The summed E-state index contributed by atoms with van der Waals surface area (Å²) in [5, 5.41) is 0.699. The molecule has 1 aromatic heterocycles. The van der Waals surface area contributed by atoms with Gasteiger partial charge in [-0.3, -0.25) is 4.57 Å². The molecule has 0 fully saturated rings. The van der Waals surface area contributed by atoms with Crippen molar-refractivity contribution in [1.82, 2.24) is 9.55 Å². The van der Waals surface area contributed by atoms with E-state index < -0.39 is 5.69 Å². The molecule has 0 aliphatic heterocycles. The fraction of sp³-hybridized carbons (Fsp3) is 0.238. The van der Waals surface area contributed by atoms with Crippen molar-refractivity contribution in [2.24, 2.45) is 0 Å². The molecule has 7 nitrogen and oxygen atoms in total. The van der Waals surface area contributed by atoms with Crippen LogP contribution in [0.5, 0.6) is 23.1 Å². The van der Waals surface area contributed by atoms with Gasteiger partial charge in [-0.25, -0.2) is 4.79 Å². The molecule has 0 amide bonds. The Labute approximate surface area is 162 Å². The molecular weight excluding hydrogens is 360 g/mol. The molecule has 0 aliphatic rings. The largest absolute Gasteiger partial charge is 0.493 e. The van der Waals surface area contributed by atoms with Crippen molar-refractivity contribution in [3.63, 3.8) is 0 Å². The second-order valence-electron chi connectivity index (χ2n) is 5.83. The predicted molar refractivity (Wildman–Crippen MR) is 106 cm³/mol. The van der Waals surface area contributed by atoms with Crippen molar-refractivity contribution in [1.29, 1.82) is 0 Å². The molecule has 3 aromatic rings. The highest BCUT2D eigenvalue weighted by Crippen LogP contribution is 2.38. The van der Waals surface area contributed by atoms with E-state index in [-0.39, 0.29) is 19.0 Å². The topological polar surface area (TPSA) is 71.8 Å². The van der Waals surface area contributed by atoms with Gasteiger partial charge in [0.2, 0.25) is 11.6 Å². The zero-order chi connectivity index (χ0) is 20.1. The minimum Gasteiger partial charge on any atom is -0.493 e. The van der Waals surface area contributed by atoms with E-state index in [1.54, 1.807) is 30.9 Å². The Balaban J connectivity index is 2.12. The zero-order valence-corrected chi connectivity index (χ0v) is 15.9. The average Bonchev–Trinajstić information content (AvgIpc) is 2.73. The molecule has 3 rings (SSSR count). The van der Waals surface area contributed by atoms with Crippen LogP contribution in [0.4, 0.5) is 0 Å². The first-order valence-electron chi connectivity index (χ1n) is 8.47. The number of terminal acetylenes is 1. The number of para-hydroxylation sites is 1. The van der Waals surface area contributed by atoms with Crippen molar-refractivity contribution in [3.8, 4) is 35.5 Å². The van der Waals surface area contributed by atoms with Gasteiger partial charge in [0.15, 0.2) is 18.1 Å². The van der Waals surface area contributed by atoms with E-state index in [4.69, 9.17) is 25.4 Å². The fourth-order valence-corrected chi connectivity index (χ4v) is 2.98. The minimum atomic E-state index is -0.445. The maximum absolute atomic E-state index is 12.7. The Bertz CT molecular complexity index is 1070. The molecule has 2 aromatic carbocycles. The van der Waals surface area contributed by atoms with Crippen molar-refractivity contribution < 1.29 is 18.9 Å². The van der Waals surface area contributed by atoms with Gasteiger partial charge in [0, 0.05) is 0 Å². The summed E-state index contributed by atoms with van der Waals surface area (Å²) in [5.41, 5.74) is 1.03. The van der Waals surface area contributed by atoms with E-state index in [2.05, 4.69) is 10.9 Å². The molecule has 0 aliphatic carbocycles. The quantitative estimate of drug-likeness (QED) is 0.587. The van der Waals surface area contributed by atoms with Crippen molar-refractivity contribution in [2.45, 2.75) is 6.54 Å². The second-order valence-corrected chi connectivity index (χ2v) is 5.83. The van der Waals surface area contributed by atoms with Crippen molar-refractivity contribution >= 4 is 10.9 Å². The monoisotopic (exact) mass is 380 g/mol. The molecule has 1 heterocycles. The van der Waals surface area contributed by atoms with Gasteiger partial charge in [-0.05, 0) is 29.8 Å². The van der Waals surface area contributed by atoms with Crippen LogP contribution in [0.2, 0.25) is 0 Å². The first-order valence-corrected chi connectivity index (χ1v) is 8.47. The van der Waals surface area contributed by atoms with Gasteiger partial charge in [0.05, 0.1) is 38.8 Å². The van der Waals surface area contributed by atoms with Crippen LogP contribution < -0.4 is 24.6 Å². The second kappa shape index (κ2) is 8.35. The molecule has 0 radical (unpaired) electrons. The summed E-state index contributed by atoms with van der Waals surface area (Å²) in [6, 6.07) is 11.0. The van der Waals surface area contributed by atoms with Gasteiger partial charge in [0.25, 0.3) is 0 Å². The van der Waals surface area contributed by atoms with Gasteiger partial charge >= 0.3 is 5.69 Å². The summed E-state index contributed by atoms with van der Waals surface area (Å²) in [4.78, 5) is 16.7. The molecular formula is C21H20N2O5. The summed E-state index contributed by atoms with van der Waals surface area (Å²) in [7, 11) is 4.63. The first-order chi connectivity index (χ1) is 13.6. The lowest BCUT2D eigenvalue weighted by Gasteiger charge is -2.16. The summed E-state index contributed by atoms with van der Waals surface area (Å²) < 4.78 is 23.1. The summed E-state index contributed by atoms with van der Waals surface area (Å²) in [5.74, 6) is 4.11. The van der Waals surface area contributed by atoms with Crippen LogP contribution in [0.15, 0.2) is 41.2 Å². The van der Waals surface area contributed by atoms with E-state index in [1.807, 2.05) is 24.3 Å². The smallest absolute Gasteiger partial charge is 0.351 e. The van der Waals surface area contributed by atoms with Crippen LogP contribution in [-0.2, 0) is 6.54 Å². The van der Waals surface area contributed by atoms with E-state index in [1.165, 1.54) is 7.11 Å². The van der Waals surface area contributed by atoms with E-state index >= 15 is 0 Å². The van der Waals surface area contributed by atoms with Gasteiger partial charge in [-0.15, -0.1) is 6.42 Å². The number of hydrogen-bond donors (Lipinski definition) is 0. The molecule has 0 saturated heterocycles. The van der Waals surface area contributed by atoms with E-state index in [0.29, 0.717) is 28.2 Å². The minimum absolute atomic E-state index is 0.0350. The fourth-order valence-electron chi connectivity index (χ4n) is 2.98. The Morgan fingerprint density at radius 3 is 2.36 bits per heavy atom. The normalized spacial score (nSPS) is 10.4. The number of methoxy groups -OCH3 is 3. The first kappa shape index (κ1) is 19.1. The number of fused-ring (bicyclic) bond motifs is 1. The number of benzene rings is 2. The van der Waals surface area contributed by atoms with Crippen LogP contribution in [0, 0.1) is 12.3 Å². The van der Waals surface area contributed by atoms with Crippen LogP contribution in [-0.4, -0.2) is 37.5 Å². The number of ether oxygens (including phenoxy) is 4. The molecule has 0 saturated carbocycles. The van der Waals surface area contributed by atoms with E-state index in [9.17, 15) is 4.79 Å². The number of nitrogens with zero attached hydrogens (tertiary/aromatic N) is 2. The van der Waals surface area contributed by atoms with Crippen LogP contribution in [0.1, 0.15) is 5.56 Å². The van der Waals surface area contributed by atoms with E-state index in [0.717, 1.165) is 5.56 Å². The van der Waals surface area contributed by atoms with Crippen LogP contribution in [0.25, 0.3) is 10.9 Å². The number of rotatable bonds is 7. The Hall–Kier alpha value is -3.66. The number of aromatic nitrogens is 2. The molecule has 28 heavy (non-hydrogen) atoms. The molecule has 0 bridgehead atoms. The highest BCUT2D eigenvalue weighted by atomic mass is 16.5. The predicted octanol–water partition coefficient (Wildman–Crippen LogP) is 2.48. The molecule has 0 unspecified atom stereocenters. The third-order valence-corrected chi connectivity index (χ3v) is 4.21. The zero-order valence-electron chi connectivity index (χ0n) is 15.9. The maximum atomic E-state index is 12.7. The summed E-state index contributed by atoms with van der Waals surface area (Å²) in [6.07, 6.45) is 5.25. The van der Waals surface area contributed by atoms with Gasteiger partial charge in [-0.1, -0.05) is 18.1 Å². The molecule has 0 atom stereocenters. The lowest BCUT2D eigenvalue weighted by atomic mass is 10.1. The average molecular weight is 380 g/mol. The molecule has 144 valence electrons.